The van der Waals surface area contributed by atoms with Crippen molar-refractivity contribution in [1.29, 1.82) is 0 Å². The van der Waals surface area contributed by atoms with Crippen LogP contribution in [0.5, 0.6) is 0 Å². The van der Waals surface area contributed by atoms with Crippen molar-refractivity contribution in [3.8, 4) is 0 Å². The van der Waals surface area contributed by atoms with Gasteiger partial charge in [-0.15, -0.1) is 0 Å². The van der Waals surface area contributed by atoms with Gasteiger partial charge in [0.05, 0.1) is 11.8 Å². The Balaban J connectivity index is 1.44. The lowest BCUT2D eigenvalue weighted by molar-refractivity contribution is -0.131. The lowest BCUT2D eigenvalue weighted by Gasteiger charge is -2.15. The van der Waals surface area contributed by atoms with Crippen LogP contribution in [0.1, 0.15) is 36.3 Å². The van der Waals surface area contributed by atoms with Crippen LogP contribution >= 0.6 is 0 Å². The number of para-hydroxylation sites is 1. The Labute approximate surface area is 155 Å². The van der Waals surface area contributed by atoms with Crippen LogP contribution in [0.4, 0.5) is 4.39 Å². The summed E-state index contributed by atoms with van der Waals surface area (Å²) in [6.45, 7) is 3.84. The van der Waals surface area contributed by atoms with Crippen LogP contribution in [-0.4, -0.2) is 17.7 Å². The van der Waals surface area contributed by atoms with Gasteiger partial charge in [-0.3, -0.25) is 4.79 Å². The first-order chi connectivity index (χ1) is 13.0. The number of carbonyl (C=O) groups is 1. The molecule has 3 aromatic rings. The van der Waals surface area contributed by atoms with Gasteiger partial charge in [0, 0.05) is 22.9 Å². The van der Waals surface area contributed by atoms with Crippen molar-refractivity contribution in [3.63, 3.8) is 0 Å². The lowest BCUT2D eigenvalue weighted by Crippen LogP contribution is -2.36. The summed E-state index contributed by atoms with van der Waals surface area (Å²) in [5, 5.41) is 7.90. The largest absolute Gasteiger partial charge is 0.459 e. The molecule has 0 saturated heterocycles. The molecule has 0 radical (unpaired) electrons. The van der Waals surface area contributed by atoms with E-state index in [9.17, 15) is 9.18 Å². The predicted molar refractivity (Wildman–Crippen MR) is 99.9 cm³/mol. The number of fused-ring (bicyclic) bond motifs is 1. The summed E-state index contributed by atoms with van der Waals surface area (Å²) >= 11 is 0. The normalized spacial score (nSPS) is 17.4. The number of hydrogen-bond donors (Lipinski definition) is 1. The van der Waals surface area contributed by atoms with Gasteiger partial charge >= 0.3 is 0 Å². The molecule has 1 N–H and O–H groups in total. The van der Waals surface area contributed by atoms with Crippen molar-refractivity contribution in [2.45, 2.75) is 32.4 Å². The Morgan fingerprint density at radius 2 is 2.07 bits per heavy atom. The minimum Gasteiger partial charge on any atom is -0.459 e. The predicted octanol–water partition coefficient (Wildman–Crippen LogP) is 4.25. The molecule has 0 unspecified atom stereocenters. The number of benzene rings is 2. The zero-order valence-corrected chi connectivity index (χ0v) is 15.0. The molecule has 0 bridgehead atoms. The van der Waals surface area contributed by atoms with Crippen LogP contribution < -0.4 is 5.32 Å². The topological polar surface area (TPSA) is 63.8 Å². The van der Waals surface area contributed by atoms with Gasteiger partial charge in [-0.25, -0.2) is 4.39 Å². The van der Waals surface area contributed by atoms with E-state index in [-0.39, 0.29) is 17.8 Å². The van der Waals surface area contributed by atoms with Crippen molar-refractivity contribution in [2.24, 2.45) is 5.16 Å². The SMILES string of the molecule is Cc1c([C@@H](C)NC(=O)[C@@H]2CC(c3cccc(F)c3)=NO2)oc2ccccc12. The van der Waals surface area contributed by atoms with Gasteiger partial charge in [-0.2, -0.15) is 0 Å². The Bertz CT molecular complexity index is 1040. The Kier molecular flexibility index (Phi) is 4.39. The maximum absolute atomic E-state index is 13.4. The fourth-order valence-electron chi connectivity index (χ4n) is 3.33. The highest BCUT2D eigenvalue weighted by Crippen LogP contribution is 2.29. The van der Waals surface area contributed by atoms with E-state index < -0.39 is 6.10 Å². The van der Waals surface area contributed by atoms with Crippen LogP contribution in [0, 0.1) is 12.7 Å². The van der Waals surface area contributed by atoms with Crippen molar-refractivity contribution >= 4 is 22.6 Å². The maximum atomic E-state index is 13.4. The molecule has 2 heterocycles. The van der Waals surface area contributed by atoms with Gasteiger partial charge in [0.1, 0.15) is 17.2 Å². The minimum atomic E-state index is -0.740. The number of rotatable bonds is 4. The highest BCUT2D eigenvalue weighted by molar-refractivity contribution is 6.04. The summed E-state index contributed by atoms with van der Waals surface area (Å²) in [7, 11) is 0. The molecule has 2 atom stereocenters. The zero-order chi connectivity index (χ0) is 19.0. The number of aryl methyl sites for hydroxylation is 1. The molecule has 6 heteroatoms. The molecule has 2 aromatic carbocycles. The molecule has 0 fully saturated rings. The summed E-state index contributed by atoms with van der Waals surface area (Å²) in [5.74, 6) is 0.0865. The molecule has 5 nitrogen and oxygen atoms in total. The Morgan fingerprint density at radius 3 is 2.85 bits per heavy atom. The fourth-order valence-corrected chi connectivity index (χ4v) is 3.33. The summed E-state index contributed by atoms with van der Waals surface area (Å²) in [6.07, 6.45) is -0.448. The van der Waals surface area contributed by atoms with Gasteiger partial charge in [-0.1, -0.05) is 35.5 Å². The van der Waals surface area contributed by atoms with Gasteiger partial charge in [-0.05, 0) is 32.0 Å². The molecule has 0 spiro atoms. The number of carbonyl (C=O) groups excluding carboxylic acids is 1. The number of nitrogens with one attached hydrogen (secondary N) is 1. The maximum Gasteiger partial charge on any atom is 0.264 e. The average molecular weight is 366 g/mol. The second kappa shape index (κ2) is 6.87. The molecule has 1 aliphatic heterocycles. The fraction of sp³-hybridized carbons (Fsp3) is 0.238. The Morgan fingerprint density at radius 1 is 1.26 bits per heavy atom. The van der Waals surface area contributed by atoms with Crippen LogP contribution in [0.3, 0.4) is 0 Å². The number of amides is 1. The summed E-state index contributed by atoms with van der Waals surface area (Å²) in [6, 6.07) is 13.5. The third-order valence-electron chi connectivity index (χ3n) is 4.75. The average Bonchev–Trinajstić information content (AvgIpc) is 3.28. The molecule has 27 heavy (non-hydrogen) atoms. The first kappa shape index (κ1) is 17.3. The number of furan rings is 1. The molecule has 1 aliphatic rings. The van der Waals surface area contributed by atoms with E-state index in [4.69, 9.17) is 9.25 Å². The minimum absolute atomic E-state index is 0.280. The molecular weight excluding hydrogens is 347 g/mol. The summed E-state index contributed by atoms with van der Waals surface area (Å²) in [4.78, 5) is 17.8. The summed E-state index contributed by atoms with van der Waals surface area (Å²) < 4.78 is 19.3. The summed E-state index contributed by atoms with van der Waals surface area (Å²) in [5.41, 5.74) is 2.97. The number of nitrogens with zero attached hydrogens (tertiary/aromatic N) is 1. The number of oxime groups is 1. The van der Waals surface area contributed by atoms with Gasteiger partial charge in [0.25, 0.3) is 5.91 Å². The standard InChI is InChI=1S/C21H19FN2O3/c1-12-16-8-3-4-9-18(16)26-20(12)13(2)23-21(25)19-11-17(24-27-19)14-6-5-7-15(22)10-14/h3-10,13,19H,11H2,1-2H3,(H,23,25)/t13-,19+/m1/s1. The van der Waals surface area contributed by atoms with E-state index in [2.05, 4.69) is 10.5 Å². The second-order valence-corrected chi connectivity index (χ2v) is 6.66. The second-order valence-electron chi connectivity index (χ2n) is 6.66. The Hall–Kier alpha value is -3.15. The van der Waals surface area contributed by atoms with Crippen LogP contribution in [0.15, 0.2) is 58.1 Å². The molecule has 4 rings (SSSR count). The molecule has 0 saturated carbocycles. The van der Waals surface area contributed by atoms with E-state index in [1.807, 2.05) is 38.1 Å². The quantitative estimate of drug-likeness (QED) is 0.751. The first-order valence-corrected chi connectivity index (χ1v) is 8.80. The van der Waals surface area contributed by atoms with E-state index in [1.165, 1.54) is 12.1 Å². The van der Waals surface area contributed by atoms with E-state index in [0.29, 0.717) is 23.5 Å². The lowest BCUT2D eigenvalue weighted by atomic mass is 10.0. The highest BCUT2D eigenvalue weighted by Gasteiger charge is 2.30. The molecule has 138 valence electrons. The van der Waals surface area contributed by atoms with Crippen LogP contribution in [0.2, 0.25) is 0 Å². The molecule has 1 aromatic heterocycles. The third kappa shape index (κ3) is 3.30. The number of halogens is 1. The van der Waals surface area contributed by atoms with Crippen molar-refractivity contribution in [3.05, 3.63) is 71.2 Å². The van der Waals surface area contributed by atoms with Gasteiger partial charge in [0.15, 0.2) is 0 Å². The van der Waals surface area contributed by atoms with Crippen LogP contribution in [-0.2, 0) is 9.63 Å². The molecule has 1 amide bonds. The molecular formula is C21H19FN2O3. The van der Waals surface area contributed by atoms with Gasteiger partial charge in [0.2, 0.25) is 6.10 Å². The van der Waals surface area contributed by atoms with Crippen molar-refractivity contribution < 1.29 is 18.4 Å². The zero-order valence-electron chi connectivity index (χ0n) is 15.0. The monoisotopic (exact) mass is 366 g/mol. The van der Waals surface area contributed by atoms with Crippen LogP contribution in [0.25, 0.3) is 11.0 Å². The highest BCUT2D eigenvalue weighted by atomic mass is 19.1. The van der Waals surface area contributed by atoms with E-state index >= 15 is 0 Å². The van der Waals surface area contributed by atoms with Gasteiger partial charge < -0.3 is 14.6 Å². The van der Waals surface area contributed by atoms with E-state index in [1.54, 1.807) is 12.1 Å². The smallest absolute Gasteiger partial charge is 0.264 e. The molecule has 0 aliphatic carbocycles. The first-order valence-electron chi connectivity index (χ1n) is 8.80. The third-order valence-corrected chi connectivity index (χ3v) is 4.75. The van der Waals surface area contributed by atoms with E-state index in [0.717, 1.165) is 16.5 Å². The van der Waals surface area contributed by atoms with Crippen molar-refractivity contribution in [2.75, 3.05) is 0 Å². The van der Waals surface area contributed by atoms with Crippen molar-refractivity contribution in [1.82, 2.24) is 5.32 Å². The number of hydrogen-bond acceptors (Lipinski definition) is 4.